The molecule has 0 amide bonds. The van der Waals surface area contributed by atoms with Crippen LogP contribution in [-0.2, 0) is 23.9 Å². The minimum absolute atomic E-state index is 0.155. The van der Waals surface area contributed by atoms with Crippen LogP contribution in [0.5, 0.6) is 0 Å². The Morgan fingerprint density at radius 3 is 2.64 bits per heavy atom. The van der Waals surface area contributed by atoms with Crippen LogP contribution in [-0.4, -0.2) is 29.9 Å². The minimum atomic E-state index is -0.702. The molecule has 0 unspecified atom stereocenters. The highest BCUT2D eigenvalue weighted by atomic mass is 16.6. The van der Waals surface area contributed by atoms with Gasteiger partial charge in [-0.1, -0.05) is 13.8 Å². The first-order chi connectivity index (χ1) is 10.3. The van der Waals surface area contributed by atoms with Crippen molar-refractivity contribution in [3.05, 3.63) is 0 Å². The fourth-order valence-electron chi connectivity index (χ4n) is 5.09. The highest BCUT2D eigenvalue weighted by Crippen LogP contribution is 2.56. The summed E-state index contributed by atoms with van der Waals surface area (Å²) in [6, 6.07) is 0. The van der Waals surface area contributed by atoms with Gasteiger partial charge in [-0.3, -0.25) is 14.4 Å². The number of hydrogen-bond acceptors (Lipinski definition) is 5. The molecule has 5 heteroatoms. The molecule has 2 saturated carbocycles. The predicted molar refractivity (Wildman–Crippen MR) is 77.7 cm³/mol. The van der Waals surface area contributed by atoms with Crippen molar-refractivity contribution < 1.29 is 23.9 Å². The van der Waals surface area contributed by atoms with E-state index < -0.39 is 17.5 Å². The van der Waals surface area contributed by atoms with Gasteiger partial charge in [0.05, 0.1) is 11.3 Å². The Morgan fingerprint density at radius 1 is 1.32 bits per heavy atom. The molecule has 5 nitrogen and oxygen atoms in total. The summed E-state index contributed by atoms with van der Waals surface area (Å²) in [4.78, 5) is 36.4. The second-order valence-electron chi connectivity index (χ2n) is 7.44. The van der Waals surface area contributed by atoms with E-state index in [1.54, 1.807) is 0 Å². The van der Waals surface area contributed by atoms with Gasteiger partial charge in [0.1, 0.15) is 18.0 Å². The summed E-state index contributed by atoms with van der Waals surface area (Å²) in [5.74, 6) is -0.607. The first-order valence-corrected chi connectivity index (χ1v) is 8.17. The van der Waals surface area contributed by atoms with Gasteiger partial charge in [-0.25, -0.2) is 0 Å². The molecule has 3 aliphatic rings. The van der Waals surface area contributed by atoms with Crippen molar-refractivity contribution in [3.63, 3.8) is 0 Å². The molecule has 7 atom stereocenters. The number of fused-ring (bicyclic) bond motifs is 2. The third-order valence-electron chi connectivity index (χ3n) is 6.22. The monoisotopic (exact) mass is 308 g/mol. The normalized spacial score (nSPS) is 47.5. The summed E-state index contributed by atoms with van der Waals surface area (Å²) in [7, 11) is 0. The molecule has 1 saturated heterocycles. The standard InChI is InChI=1S/C17H24O5/c1-8-7-12-14(9(2)16(20)22-12)15(21-10(3)18)17(4)11(8)5-6-13(17)19/h8-9,11-12,14-15H,5-7H2,1-4H3/t8-,9-,11+,12+,14-,15+,17+/m1/s1. The molecule has 2 aliphatic carbocycles. The molecule has 122 valence electrons. The number of carbonyl (C=O) groups excluding carboxylic acids is 3. The third-order valence-corrected chi connectivity index (χ3v) is 6.22. The second-order valence-corrected chi connectivity index (χ2v) is 7.44. The predicted octanol–water partition coefficient (Wildman–Crippen LogP) is 2.12. The molecular formula is C17H24O5. The van der Waals surface area contributed by atoms with Crippen LogP contribution >= 0.6 is 0 Å². The quantitative estimate of drug-likeness (QED) is 0.694. The molecule has 1 heterocycles. The molecule has 22 heavy (non-hydrogen) atoms. The van der Waals surface area contributed by atoms with Crippen LogP contribution in [0, 0.1) is 29.1 Å². The van der Waals surface area contributed by atoms with Gasteiger partial charge >= 0.3 is 11.9 Å². The van der Waals surface area contributed by atoms with Gasteiger partial charge in [0.2, 0.25) is 0 Å². The summed E-state index contributed by atoms with van der Waals surface area (Å²) in [5, 5.41) is 0. The number of rotatable bonds is 1. The largest absolute Gasteiger partial charge is 0.462 e. The Kier molecular flexibility index (Phi) is 3.57. The van der Waals surface area contributed by atoms with E-state index in [-0.39, 0.29) is 41.5 Å². The first kappa shape index (κ1) is 15.5. The van der Waals surface area contributed by atoms with Crippen molar-refractivity contribution in [2.24, 2.45) is 29.1 Å². The lowest BCUT2D eigenvalue weighted by Gasteiger charge is -2.40. The highest BCUT2D eigenvalue weighted by molar-refractivity contribution is 5.88. The number of Topliss-reactive ketones (excluding diaryl/α,β-unsaturated/α-hetero) is 1. The van der Waals surface area contributed by atoms with Crippen molar-refractivity contribution in [3.8, 4) is 0 Å². The zero-order chi connectivity index (χ0) is 16.2. The smallest absolute Gasteiger partial charge is 0.309 e. The molecule has 0 radical (unpaired) electrons. The maximum Gasteiger partial charge on any atom is 0.309 e. The van der Waals surface area contributed by atoms with Crippen molar-refractivity contribution in [1.29, 1.82) is 0 Å². The van der Waals surface area contributed by atoms with E-state index in [9.17, 15) is 14.4 Å². The average Bonchev–Trinajstić information content (AvgIpc) is 2.84. The fourth-order valence-corrected chi connectivity index (χ4v) is 5.09. The van der Waals surface area contributed by atoms with Crippen molar-refractivity contribution >= 4 is 17.7 Å². The van der Waals surface area contributed by atoms with E-state index in [1.807, 2.05) is 13.8 Å². The van der Waals surface area contributed by atoms with Crippen LogP contribution in [0.15, 0.2) is 0 Å². The number of esters is 2. The van der Waals surface area contributed by atoms with E-state index in [1.165, 1.54) is 6.92 Å². The molecule has 3 rings (SSSR count). The summed E-state index contributed by atoms with van der Waals surface area (Å²) in [5.41, 5.74) is -0.702. The van der Waals surface area contributed by atoms with Gasteiger partial charge < -0.3 is 9.47 Å². The van der Waals surface area contributed by atoms with Crippen LogP contribution in [0.25, 0.3) is 0 Å². The maximum atomic E-state index is 12.7. The van der Waals surface area contributed by atoms with Gasteiger partial charge in [-0.2, -0.15) is 0 Å². The van der Waals surface area contributed by atoms with Crippen LogP contribution in [0.2, 0.25) is 0 Å². The number of ketones is 1. The van der Waals surface area contributed by atoms with E-state index in [0.29, 0.717) is 6.42 Å². The third kappa shape index (κ3) is 2.01. The van der Waals surface area contributed by atoms with Gasteiger partial charge in [0, 0.05) is 19.3 Å². The molecule has 0 N–H and O–H groups in total. The lowest BCUT2D eigenvalue weighted by molar-refractivity contribution is -0.165. The van der Waals surface area contributed by atoms with Crippen molar-refractivity contribution in [2.45, 2.75) is 59.2 Å². The lowest BCUT2D eigenvalue weighted by Crippen LogP contribution is -2.49. The summed E-state index contributed by atoms with van der Waals surface area (Å²) < 4.78 is 11.2. The van der Waals surface area contributed by atoms with E-state index >= 15 is 0 Å². The van der Waals surface area contributed by atoms with Crippen LogP contribution in [0.1, 0.15) is 47.0 Å². The molecule has 1 aliphatic heterocycles. The van der Waals surface area contributed by atoms with Crippen molar-refractivity contribution in [2.75, 3.05) is 0 Å². The highest BCUT2D eigenvalue weighted by Gasteiger charge is 2.63. The Labute approximate surface area is 130 Å². The van der Waals surface area contributed by atoms with Gasteiger partial charge in [0.15, 0.2) is 0 Å². The van der Waals surface area contributed by atoms with Crippen LogP contribution in [0.4, 0.5) is 0 Å². The molecule has 3 fully saturated rings. The molecule has 0 spiro atoms. The molecule has 0 aromatic carbocycles. The van der Waals surface area contributed by atoms with E-state index in [4.69, 9.17) is 9.47 Å². The average molecular weight is 308 g/mol. The summed E-state index contributed by atoms with van der Waals surface area (Å²) in [6.07, 6.45) is 1.28. The van der Waals surface area contributed by atoms with Crippen LogP contribution < -0.4 is 0 Å². The van der Waals surface area contributed by atoms with Gasteiger partial charge in [-0.15, -0.1) is 0 Å². The second kappa shape index (κ2) is 5.07. The van der Waals surface area contributed by atoms with Crippen molar-refractivity contribution in [1.82, 2.24) is 0 Å². The minimum Gasteiger partial charge on any atom is -0.462 e. The number of carbonyl (C=O) groups is 3. The first-order valence-electron chi connectivity index (χ1n) is 8.17. The van der Waals surface area contributed by atoms with Gasteiger partial charge in [0.25, 0.3) is 0 Å². The SMILES string of the molecule is CC(=O)O[C@H]1[C@H]2[C@H](C[C@@H](C)[C@@H]3CCC(=O)[C@]31C)OC(=O)[C@@H]2C. The molecule has 0 bridgehead atoms. The van der Waals surface area contributed by atoms with Crippen LogP contribution in [0.3, 0.4) is 0 Å². The molecular weight excluding hydrogens is 284 g/mol. The zero-order valence-electron chi connectivity index (χ0n) is 13.6. The Hall–Kier alpha value is -1.39. The lowest BCUT2D eigenvalue weighted by atomic mass is 9.67. The Morgan fingerprint density at radius 2 is 2.00 bits per heavy atom. The van der Waals surface area contributed by atoms with E-state index in [0.717, 1.165) is 12.8 Å². The topological polar surface area (TPSA) is 69.7 Å². The molecule has 0 aromatic heterocycles. The molecule has 0 aromatic rings. The fraction of sp³-hybridized carbons (Fsp3) is 0.824. The van der Waals surface area contributed by atoms with Gasteiger partial charge in [-0.05, 0) is 31.6 Å². The number of hydrogen-bond donors (Lipinski definition) is 0. The summed E-state index contributed by atoms with van der Waals surface area (Å²) >= 11 is 0. The maximum absolute atomic E-state index is 12.7. The number of ether oxygens (including phenoxy) is 2. The zero-order valence-corrected chi connectivity index (χ0v) is 13.6. The van der Waals surface area contributed by atoms with E-state index in [2.05, 4.69) is 6.92 Å². The Balaban J connectivity index is 2.09. The Bertz CT molecular complexity index is 527. The summed E-state index contributed by atoms with van der Waals surface area (Å²) in [6.45, 7) is 7.22.